The highest BCUT2D eigenvalue weighted by molar-refractivity contribution is 5.97. The smallest absolute Gasteiger partial charge is 0.251 e. The van der Waals surface area contributed by atoms with Crippen molar-refractivity contribution in [1.29, 1.82) is 0 Å². The number of halogens is 1. The quantitative estimate of drug-likeness (QED) is 0.723. The maximum Gasteiger partial charge on any atom is 0.251 e. The van der Waals surface area contributed by atoms with Crippen molar-refractivity contribution in [2.75, 3.05) is 13.2 Å². The Kier molecular flexibility index (Phi) is 5.20. The summed E-state index contributed by atoms with van der Waals surface area (Å²) in [7, 11) is 0. The maximum absolute atomic E-state index is 12.8. The number of carbonyl (C=O) groups is 1. The van der Waals surface area contributed by atoms with Crippen LogP contribution in [0.25, 0.3) is 10.9 Å². The lowest BCUT2D eigenvalue weighted by Crippen LogP contribution is -2.35. The summed E-state index contributed by atoms with van der Waals surface area (Å²) >= 11 is 0. The average molecular weight is 340 g/mol. The van der Waals surface area contributed by atoms with Gasteiger partial charge in [0, 0.05) is 23.7 Å². The molecule has 0 bridgehead atoms. The molecule has 128 valence electrons. The Hall–Kier alpha value is -2.99. The van der Waals surface area contributed by atoms with Crippen molar-refractivity contribution in [3.05, 3.63) is 72.2 Å². The highest BCUT2D eigenvalue weighted by Gasteiger charge is 2.10. The molecule has 0 radical (unpaired) electrons. The minimum atomic E-state index is -0.879. The normalized spacial score (nSPS) is 11.9. The highest BCUT2D eigenvalue weighted by Crippen LogP contribution is 2.13. The maximum atomic E-state index is 12.8. The second kappa shape index (κ2) is 7.72. The first-order valence-corrected chi connectivity index (χ1v) is 7.81. The van der Waals surface area contributed by atoms with E-state index in [1.54, 1.807) is 30.5 Å². The van der Waals surface area contributed by atoms with Gasteiger partial charge in [-0.25, -0.2) is 4.39 Å². The predicted molar refractivity (Wildman–Crippen MR) is 92.0 cm³/mol. The third-order valence-electron chi connectivity index (χ3n) is 3.62. The fourth-order valence-corrected chi connectivity index (χ4v) is 2.31. The molecule has 0 fully saturated rings. The van der Waals surface area contributed by atoms with Gasteiger partial charge >= 0.3 is 0 Å². The topological polar surface area (TPSA) is 71.5 Å². The molecule has 0 saturated carbocycles. The van der Waals surface area contributed by atoms with Crippen LogP contribution in [-0.2, 0) is 0 Å². The summed E-state index contributed by atoms with van der Waals surface area (Å²) in [6, 6.07) is 14.4. The number of hydrogen-bond acceptors (Lipinski definition) is 4. The molecule has 5 nitrogen and oxygen atoms in total. The predicted octanol–water partition coefficient (Wildman–Crippen LogP) is 2.54. The Morgan fingerprint density at radius 2 is 2.00 bits per heavy atom. The van der Waals surface area contributed by atoms with E-state index < -0.39 is 6.10 Å². The minimum Gasteiger partial charge on any atom is -0.491 e. The molecule has 2 aromatic carbocycles. The van der Waals surface area contributed by atoms with Gasteiger partial charge in [0.05, 0.1) is 5.52 Å². The standard InChI is InChI=1S/C19H17FN2O3/c20-15-4-6-17(7-5-15)25-12-16(23)11-22-19(24)14-3-8-18-13(10-14)2-1-9-21-18/h1-10,16,23H,11-12H2,(H,22,24). The van der Waals surface area contributed by atoms with Gasteiger partial charge in [-0.05, 0) is 48.5 Å². The van der Waals surface area contributed by atoms with Gasteiger partial charge in [-0.3, -0.25) is 9.78 Å². The van der Waals surface area contributed by atoms with Crippen molar-refractivity contribution in [2.24, 2.45) is 0 Å². The van der Waals surface area contributed by atoms with Crippen LogP contribution in [0.5, 0.6) is 5.75 Å². The molecular formula is C19H17FN2O3. The molecular weight excluding hydrogens is 323 g/mol. The average Bonchev–Trinajstić information content (AvgIpc) is 2.65. The third kappa shape index (κ3) is 4.51. The molecule has 1 aromatic heterocycles. The Labute approximate surface area is 144 Å². The lowest BCUT2D eigenvalue weighted by atomic mass is 10.1. The van der Waals surface area contributed by atoms with E-state index in [2.05, 4.69) is 10.3 Å². The number of nitrogens with one attached hydrogen (secondary N) is 1. The molecule has 0 saturated heterocycles. The van der Waals surface area contributed by atoms with E-state index in [4.69, 9.17) is 4.74 Å². The van der Waals surface area contributed by atoms with Gasteiger partial charge < -0.3 is 15.2 Å². The molecule has 0 spiro atoms. The lowest BCUT2D eigenvalue weighted by Gasteiger charge is -2.13. The zero-order chi connectivity index (χ0) is 17.6. The number of benzene rings is 2. The number of aromatic nitrogens is 1. The fourth-order valence-electron chi connectivity index (χ4n) is 2.31. The van der Waals surface area contributed by atoms with Crippen molar-refractivity contribution in [3.8, 4) is 5.75 Å². The monoisotopic (exact) mass is 340 g/mol. The molecule has 1 heterocycles. The van der Waals surface area contributed by atoms with Crippen molar-refractivity contribution in [3.63, 3.8) is 0 Å². The summed E-state index contributed by atoms with van der Waals surface area (Å²) in [5.41, 5.74) is 1.30. The van der Waals surface area contributed by atoms with Gasteiger partial charge in [-0.2, -0.15) is 0 Å². The van der Waals surface area contributed by atoms with Gasteiger partial charge in [0.15, 0.2) is 0 Å². The Bertz CT molecular complexity index is 868. The summed E-state index contributed by atoms with van der Waals surface area (Å²) < 4.78 is 18.1. The van der Waals surface area contributed by atoms with E-state index in [0.717, 1.165) is 10.9 Å². The molecule has 1 unspecified atom stereocenters. The van der Waals surface area contributed by atoms with Crippen LogP contribution in [0.15, 0.2) is 60.8 Å². The second-order valence-electron chi connectivity index (χ2n) is 5.54. The summed E-state index contributed by atoms with van der Waals surface area (Å²) in [4.78, 5) is 16.4. The summed E-state index contributed by atoms with van der Waals surface area (Å²) in [5.74, 6) is -0.189. The fraction of sp³-hybridized carbons (Fsp3) is 0.158. The van der Waals surface area contributed by atoms with Gasteiger partial charge in [0.1, 0.15) is 24.3 Å². The number of amides is 1. The zero-order valence-electron chi connectivity index (χ0n) is 13.4. The molecule has 1 atom stereocenters. The summed E-state index contributed by atoms with van der Waals surface area (Å²) in [6.07, 6.45) is 0.815. The van der Waals surface area contributed by atoms with E-state index >= 15 is 0 Å². The van der Waals surface area contributed by atoms with Gasteiger partial charge in [0.2, 0.25) is 0 Å². The molecule has 3 rings (SSSR count). The second-order valence-corrected chi connectivity index (χ2v) is 5.54. The lowest BCUT2D eigenvalue weighted by molar-refractivity contribution is 0.0843. The Morgan fingerprint density at radius 1 is 1.20 bits per heavy atom. The van der Waals surface area contributed by atoms with E-state index in [9.17, 15) is 14.3 Å². The Morgan fingerprint density at radius 3 is 2.80 bits per heavy atom. The van der Waals surface area contributed by atoms with Crippen LogP contribution in [0.1, 0.15) is 10.4 Å². The number of ether oxygens (including phenoxy) is 1. The minimum absolute atomic E-state index is 0.00640. The van der Waals surface area contributed by atoms with Crippen molar-refractivity contribution in [1.82, 2.24) is 10.3 Å². The number of fused-ring (bicyclic) bond motifs is 1. The van der Waals surface area contributed by atoms with Gasteiger partial charge in [0.25, 0.3) is 5.91 Å². The number of carbonyl (C=O) groups excluding carboxylic acids is 1. The summed E-state index contributed by atoms with van der Waals surface area (Å²) in [6.45, 7) is 0.0403. The van der Waals surface area contributed by atoms with Crippen LogP contribution >= 0.6 is 0 Å². The van der Waals surface area contributed by atoms with E-state index in [1.807, 2.05) is 6.07 Å². The molecule has 0 aliphatic carbocycles. The van der Waals surface area contributed by atoms with Crippen LogP contribution in [0.2, 0.25) is 0 Å². The number of pyridine rings is 1. The first-order valence-electron chi connectivity index (χ1n) is 7.81. The largest absolute Gasteiger partial charge is 0.491 e. The zero-order valence-corrected chi connectivity index (χ0v) is 13.4. The SMILES string of the molecule is O=C(NCC(O)COc1ccc(F)cc1)c1ccc2ncccc2c1. The van der Waals surface area contributed by atoms with Crippen molar-refractivity contribution in [2.45, 2.75) is 6.10 Å². The van der Waals surface area contributed by atoms with Gasteiger partial charge in [-0.1, -0.05) is 6.07 Å². The number of aliphatic hydroxyl groups excluding tert-OH is 1. The molecule has 2 N–H and O–H groups in total. The number of rotatable bonds is 6. The van der Waals surface area contributed by atoms with E-state index in [0.29, 0.717) is 11.3 Å². The van der Waals surface area contributed by atoms with E-state index in [-0.39, 0.29) is 24.9 Å². The molecule has 6 heteroatoms. The van der Waals surface area contributed by atoms with E-state index in [1.165, 1.54) is 24.3 Å². The third-order valence-corrected chi connectivity index (χ3v) is 3.62. The number of aliphatic hydroxyl groups is 1. The number of nitrogens with zero attached hydrogens (tertiary/aromatic N) is 1. The van der Waals surface area contributed by atoms with Crippen LogP contribution in [-0.4, -0.2) is 35.3 Å². The van der Waals surface area contributed by atoms with Crippen molar-refractivity contribution < 1.29 is 19.0 Å². The highest BCUT2D eigenvalue weighted by atomic mass is 19.1. The molecule has 1 amide bonds. The van der Waals surface area contributed by atoms with Crippen LogP contribution in [0.3, 0.4) is 0 Å². The Balaban J connectivity index is 1.51. The van der Waals surface area contributed by atoms with Crippen LogP contribution in [0, 0.1) is 5.82 Å². The molecule has 3 aromatic rings. The first kappa shape index (κ1) is 16.9. The summed E-state index contributed by atoms with van der Waals surface area (Å²) in [5, 5.41) is 13.4. The van der Waals surface area contributed by atoms with Crippen LogP contribution in [0.4, 0.5) is 4.39 Å². The molecule has 25 heavy (non-hydrogen) atoms. The molecule has 0 aliphatic rings. The molecule has 0 aliphatic heterocycles. The first-order chi connectivity index (χ1) is 12.1. The van der Waals surface area contributed by atoms with Crippen molar-refractivity contribution >= 4 is 16.8 Å². The van der Waals surface area contributed by atoms with Crippen LogP contribution < -0.4 is 10.1 Å². The van der Waals surface area contributed by atoms with Gasteiger partial charge in [-0.15, -0.1) is 0 Å². The number of hydrogen-bond donors (Lipinski definition) is 2.